The average molecular weight is 414 g/mol. The van der Waals surface area contributed by atoms with E-state index in [4.69, 9.17) is 9.47 Å². The highest BCUT2D eigenvalue weighted by Gasteiger charge is 2.53. The molecule has 0 aromatic heterocycles. The molecule has 1 saturated heterocycles. The zero-order valence-electron chi connectivity index (χ0n) is 13.4. The lowest BCUT2D eigenvalue weighted by molar-refractivity contribution is -0.247. The van der Waals surface area contributed by atoms with E-state index in [2.05, 4.69) is 0 Å². The molecule has 1 heterocycles. The Labute approximate surface area is 146 Å². The van der Waals surface area contributed by atoms with Crippen LogP contribution in [0, 0.1) is 29.2 Å². The van der Waals surface area contributed by atoms with Crippen LogP contribution in [0.25, 0.3) is 0 Å². The predicted octanol–water partition coefficient (Wildman–Crippen LogP) is 5.31. The Morgan fingerprint density at radius 1 is 0.778 bits per heavy atom. The van der Waals surface area contributed by atoms with Crippen LogP contribution in [0.3, 0.4) is 0 Å². The highest BCUT2D eigenvalue weighted by atomic mass is 19.4. The van der Waals surface area contributed by atoms with E-state index in [-0.39, 0.29) is 13.0 Å². The normalized spacial score (nSPS) is 25.2. The highest BCUT2D eigenvalue weighted by molar-refractivity contribution is 5.34. The average Bonchev–Trinajstić information content (AvgIpc) is 2.47. The zero-order chi connectivity index (χ0) is 20.7. The molecule has 0 saturated carbocycles. The Morgan fingerprint density at radius 3 is 1.70 bits per heavy atom. The Kier molecular flexibility index (Phi) is 6.00. The lowest BCUT2D eigenvalue weighted by Gasteiger charge is -2.35. The van der Waals surface area contributed by atoms with Crippen molar-refractivity contribution in [2.45, 2.75) is 37.9 Å². The van der Waals surface area contributed by atoms with E-state index in [9.17, 15) is 43.9 Å². The molecule has 0 N–H and O–H groups in total. The first kappa shape index (κ1) is 21.7. The summed E-state index contributed by atoms with van der Waals surface area (Å²) >= 11 is 0. The number of ether oxygens (including phenoxy) is 2. The SMILES string of the molecule is CC1OCCCOC(c2c(F)c(F)c(C(F)(F)F)c(F)c2F)C1C(F)(F)F. The van der Waals surface area contributed by atoms with Crippen molar-refractivity contribution in [1.29, 1.82) is 0 Å². The Balaban J connectivity index is 2.73. The van der Waals surface area contributed by atoms with E-state index >= 15 is 0 Å². The van der Waals surface area contributed by atoms with Crippen molar-refractivity contribution in [2.75, 3.05) is 13.2 Å². The highest BCUT2D eigenvalue weighted by Crippen LogP contribution is 2.46. The monoisotopic (exact) mass is 414 g/mol. The van der Waals surface area contributed by atoms with Crippen molar-refractivity contribution >= 4 is 0 Å². The van der Waals surface area contributed by atoms with Crippen LogP contribution < -0.4 is 0 Å². The van der Waals surface area contributed by atoms with Gasteiger partial charge in [0, 0.05) is 13.2 Å². The van der Waals surface area contributed by atoms with Crippen LogP contribution in [-0.4, -0.2) is 25.5 Å². The van der Waals surface area contributed by atoms with Gasteiger partial charge in [-0.15, -0.1) is 0 Å². The van der Waals surface area contributed by atoms with Gasteiger partial charge in [-0.3, -0.25) is 0 Å². The maximum atomic E-state index is 14.2. The molecule has 154 valence electrons. The molecule has 12 heteroatoms. The van der Waals surface area contributed by atoms with Gasteiger partial charge in [-0.1, -0.05) is 0 Å². The summed E-state index contributed by atoms with van der Waals surface area (Å²) in [5.74, 6) is -13.7. The molecule has 1 fully saturated rings. The van der Waals surface area contributed by atoms with Crippen molar-refractivity contribution in [3.05, 3.63) is 34.4 Å². The van der Waals surface area contributed by atoms with Gasteiger partial charge < -0.3 is 9.47 Å². The summed E-state index contributed by atoms with van der Waals surface area (Å²) in [6.45, 7) is 0.167. The van der Waals surface area contributed by atoms with Gasteiger partial charge in [-0.05, 0) is 13.3 Å². The van der Waals surface area contributed by atoms with Gasteiger partial charge in [0.25, 0.3) is 0 Å². The van der Waals surface area contributed by atoms with E-state index in [0.29, 0.717) is 0 Å². The number of hydrogen-bond donors (Lipinski definition) is 0. The Morgan fingerprint density at radius 2 is 1.26 bits per heavy atom. The second-order valence-corrected chi connectivity index (χ2v) is 5.83. The molecule has 2 nitrogen and oxygen atoms in total. The van der Waals surface area contributed by atoms with E-state index in [1.807, 2.05) is 0 Å². The minimum Gasteiger partial charge on any atom is -0.378 e. The second kappa shape index (κ2) is 7.46. The molecule has 1 aromatic carbocycles. The van der Waals surface area contributed by atoms with Gasteiger partial charge in [0.2, 0.25) is 0 Å². The number of halogens is 10. The summed E-state index contributed by atoms with van der Waals surface area (Å²) < 4.78 is 144. The van der Waals surface area contributed by atoms with Crippen LogP contribution in [0.5, 0.6) is 0 Å². The fourth-order valence-corrected chi connectivity index (χ4v) is 2.84. The molecular weight excluding hydrogens is 402 g/mol. The van der Waals surface area contributed by atoms with Crippen molar-refractivity contribution in [3.63, 3.8) is 0 Å². The van der Waals surface area contributed by atoms with Gasteiger partial charge in [-0.25, -0.2) is 17.6 Å². The van der Waals surface area contributed by atoms with E-state index < -0.39 is 71.5 Å². The molecule has 1 aliphatic rings. The molecule has 0 radical (unpaired) electrons. The number of rotatable bonds is 1. The topological polar surface area (TPSA) is 18.5 Å². The van der Waals surface area contributed by atoms with Gasteiger partial charge in [0.1, 0.15) is 17.6 Å². The molecule has 27 heavy (non-hydrogen) atoms. The molecule has 3 unspecified atom stereocenters. The fraction of sp³-hybridized carbons (Fsp3) is 0.600. The summed E-state index contributed by atoms with van der Waals surface area (Å²) in [5.41, 5.74) is -4.78. The van der Waals surface area contributed by atoms with Gasteiger partial charge >= 0.3 is 12.4 Å². The van der Waals surface area contributed by atoms with Crippen molar-refractivity contribution in [1.82, 2.24) is 0 Å². The van der Waals surface area contributed by atoms with Gasteiger partial charge in [-0.2, -0.15) is 26.3 Å². The number of hydrogen-bond acceptors (Lipinski definition) is 2. The first-order chi connectivity index (χ1) is 12.3. The molecule has 1 aromatic rings. The van der Waals surface area contributed by atoms with Gasteiger partial charge in [0.05, 0.1) is 11.7 Å². The van der Waals surface area contributed by atoms with Crippen LogP contribution >= 0.6 is 0 Å². The van der Waals surface area contributed by atoms with Crippen LogP contribution in [0.4, 0.5) is 43.9 Å². The smallest absolute Gasteiger partial charge is 0.378 e. The largest absolute Gasteiger partial charge is 0.422 e. The maximum absolute atomic E-state index is 14.2. The van der Waals surface area contributed by atoms with Crippen LogP contribution in [0.15, 0.2) is 0 Å². The van der Waals surface area contributed by atoms with Crippen LogP contribution in [0.2, 0.25) is 0 Å². The summed E-state index contributed by atoms with van der Waals surface area (Å²) in [6, 6.07) is 0. The minimum atomic E-state index is -5.81. The number of benzene rings is 1. The molecule has 0 spiro atoms. The molecule has 0 aliphatic carbocycles. The molecule has 1 aliphatic heterocycles. The van der Waals surface area contributed by atoms with Crippen LogP contribution in [-0.2, 0) is 15.7 Å². The van der Waals surface area contributed by atoms with Crippen molar-refractivity contribution < 1.29 is 53.4 Å². The quantitative estimate of drug-likeness (QED) is 0.458. The van der Waals surface area contributed by atoms with Crippen LogP contribution in [0.1, 0.15) is 30.6 Å². The predicted molar refractivity (Wildman–Crippen MR) is 69.5 cm³/mol. The Bertz CT molecular complexity index is 668. The fourth-order valence-electron chi connectivity index (χ4n) is 2.84. The van der Waals surface area contributed by atoms with E-state index in [1.165, 1.54) is 0 Å². The third kappa shape index (κ3) is 4.15. The summed E-state index contributed by atoms with van der Waals surface area (Å²) in [7, 11) is 0. The van der Waals surface area contributed by atoms with Crippen molar-refractivity contribution in [3.8, 4) is 0 Å². The summed E-state index contributed by atoms with van der Waals surface area (Å²) in [6.07, 6.45) is -15.4. The third-order valence-electron chi connectivity index (χ3n) is 4.04. The van der Waals surface area contributed by atoms with Crippen molar-refractivity contribution in [2.24, 2.45) is 5.92 Å². The van der Waals surface area contributed by atoms with E-state index in [0.717, 1.165) is 6.92 Å². The summed E-state index contributed by atoms with van der Waals surface area (Å²) in [5, 5.41) is 0. The Hall–Kier alpha value is -1.56. The van der Waals surface area contributed by atoms with Gasteiger partial charge in [0.15, 0.2) is 23.3 Å². The maximum Gasteiger partial charge on any atom is 0.422 e. The molecule has 3 atom stereocenters. The lowest BCUT2D eigenvalue weighted by atomic mass is 9.88. The third-order valence-corrected chi connectivity index (χ3v) is 4.04. The first-order valence-electron chi connectivity index (χ1n) is 7.51. The molecule has 2 rings (SSSR count). The van der Waals surface area contributed by atoms with E-state index in [1.54, 1.807) is 0 Å². The lowest BCUT2D eigenvalue weighted by Crippen LogP contribution is -2.42. The molecular formula is C15H12F10O2. The standard InChI is InChI=1S/C15H12F10O2/c1-5-7(14(20,21)22)13(27-4-2-3-26-5)6-9(16)11(18)8(15(23,24)25)12(19)10(6)17/h5,7,13H,2-4H2,1H3. The summed E-state index contributed by atoms with van der Waals surface area (Å²) in [4.78, 5) is 0. The molecule has 0 amide bonds. The molecule has 0 bridgehead atoms. The zero-order valence-corrected chi connectivity index (χ0v) is 13.4. The first-order valence-corrected chi connectivity index (χ1v) is 7.51. The minimum absolute atomic E-state index is 0.0136. The number of alkyl halides is 6. The second-order valence-electron chi connectivity index (χ2n) is 5.83.